The lowest BCUT2D eigenvalue weighted by molar-refractivity contribution is -0.135. The lowest BCUT2D eigenvalue weighted by Gasteiger charge is -2.35. The predicted molar refractivity (Wildman–Crippen MR) is 127 cm³/mol. The molecule has 2 aromatic rings. The van der Waals surface area contributed by atoms with E-state index < -0.39 is 10.0 Å². The van der Waals surface area contributed by atoms with E-state index in [4.69, 9.17) is 4.74 Å². The Bertz CT molecular complexity index is 1110. The Morgan fingerprint density at radius 3 is 2.18 bits per heavy atom. The highest BCUT2D eigenvalue weighted by atomic mass is 32.2. The standard InChI is InChI=1S/C24H31N3O5S/c1-5-32-20-9-7-19(8-10-20)25-33(30,31)21-11-6-18(4)22(16-21)24(29)27-14-12-26(13-15-27)23(28)17(2)3/h6-11,16-17,25H,5,12-15H2,1-4H3. The number of rotatable bonds is 7. The van der Waals surface area contributed by atoms with Crippen LogP contribution >= 0.6 is 0 Å². The van der Waals surface area contributed by atoms with Crippen molar-refractivity contribution in [3.05, 3.63) is 53.6 Å². The van der Waals surface area contributed by atoms with Crippen LogP contribution in [0.3, 0.4) is 0 Å². The van der Waals surface area contributed by atoms with Gasteiger partial charge in [-0.1, -0.05) is 19.9 Å². The van der Waals surface area contributed by atoms with E-state index in [1.165, 1.54) is 12.1 Å². The molecule has 2 aromatic carbocycles. The quantitative estimate of drug-likeness (QED) is 0.667. The molecule has 33 heavy (non-hydrogen) atoms. The third kappa shape index (κ3) is 5.84. The minimum atomic E-state index is -3.89. The largest absolute Gasteiger partial charge is 0.494 e. The van der Waals surface area contributed by atoms with Gasteiger partial charge in [0.1, 0.15) is 5.75 Å². The lowest BCUT2D eigenvalue weighted by atomic mass is 10.1. The van der Waals surface area contributed by atoms with Crippen molar-refractivity contribution in [3.8, 4) is 5.75 Å². The molecule has 2 amide bonds. The van der Waals surface area contributed by atoms with Gasteiger partial charge >= 0.3 is 0 Å². The summed E-state index contributed by atoms with van der Waals surface area (Å²) in [4.78, 5) is 28.8. The van der Waals surface area contributed by atoms with Crippen LogP contribution < -0.4 is 9.46 Å². The van der Waals surface area contributed by atoms with Crippen molar-refractivity contribution in [2.24, 2.45) is 5.92 Å². The van der Waals surface area contributed by atoms with Gasteiger partial charge in [0.15, 0.2) is 0 Å². The number of sulfonamides is 1. The fourth-order valence-electron chi connectivity index (χ4n) is 3.66. The zero-order valence-corrected chi connectivity index (χ0v) is 20.3. The second-order valence-corrected chi connectivity index (χ2v) is 9.99. The molecular weight excluding hydrogens is 442 g/mol. The highest BCUT2D eigenvalue weighted by molar-refractivity contribution is 7.92. The van der Waals surface area contributed by atoms with Gasteiger partial charge in [-0.25, -0.2) is 8.42 Å². The summed E-state index contributed by atoms with van der Waals surface area (Å²) in [6.07, 6.45) is 0. The molecule has 0 saturated carbocycles. The molecule has 1 saturated heterocycles. The van der Waals surface area contributed by atoms with E-state index in [2.05, 4.69) is 4.72 Å². The van der Waals surface area contributed by atoms with Crippen LogP contribution in [0, 0.1) is 12.8 Å². The molecule has 1 fully saturated rings. The van der Waals surface area contributed by atoms with Crippen molar-refractivity contribution >= 4 is 27.5 Å². The highest BCUT2D eigenvalue weighted by Crippen LogP contribution is 2.23. The molecule has 1 aliphatic heterocycles. The number of ether oxygens (including phenoxy) is 1. The Morgan fingerprint density at radius 2 is 1.61 bits per heavy atom. The van der Waals surface area contributed by atoms with Crippen LogP contribution in [0.1, 0.15) is 36.7 Å². The van der Waals surface area contributed by atoms with E-state index in [0.717, 1.165) is 0 Å². The molecule has 1 aliphatic rings. The predicted octanol–water partition coefficient (Wildman–Crippen LogP) is 3.13. The van der Waals surface area contributed by atoms with Crippen LogP contribution in [0.25, 0.3) is 0 Å². The van der Waals surface area contributed by atoms with Crippen LogP contribution in [0.5, 0.6) is 5.75 Å². The Kier molecular flexibility index (Phi) is 7.63. The average Bonchev–Trinajstić information content (AvgIpc) is 2.79. The topological polar surface area (TPSA) is 96.0 Å². The summed E-state index contributed by atoms with van der Waals surface area (Å²) in [6, 6.07) is 11.2. The van der Waals surface area contributed by atoms with Gasteiger partial charge < -0.3 is 14.5 Å². The number of aryl methyl sites for hydroxylation is 1. The Balaban J connectivity index is 1.74. The van der Waals surface area contributed by atoms with Gasteiger partial charge in [0, 0.05) is 43.3 Å². The molecule has 0 aromatic heterocycles. The molecule has 3 rings (SSSR count). The molecule has 1 N–H and O–H groups in total. The third-order valence-corrected chi connectivity index (χ3v) is 6.92. The number of benzene rings is 2. The smallest absolute Gasteiger partial charge is 0.261 e. The van der Waals surface area contributed by atoms with Crippen LogP contribution in [0.2, 0.25) is 0 Å². The molecular formula is C24H31N3O5S. The molecule has 178 valence electrons. The number of hydrogen-bond acceptors (Lipinski definition) is 5. The molecule has 0 unspecified atom stereocenters. The minimum absolute atomic E-state index is 0.0129. The first-order chi connectivity index (χ1) is 15.6. The normalized spacial score (nSPS) is 14.3. The maximum atomic E-state index is 13.2. The SMILES string of the molecule is CCOc1ccc(NS(=O)(=O)c2ccc(C)c(C(=O)N3CCN(C(=O)C(C)C)CC3)c2)cc1. The fraction of sp³-hybridized carbons (Fsp3) is 0.417. The van der Waals surface area contributed by atoms with Gasteiger partial charge in [-0.05, 0) is 55.8 Å². The first-order valence-corrected chi connectivity index (χ1v) is 12.5. The Hall–Kier alpha value is -3.07. The summed E-state index contributed by atoms with van der Waals surface area (Å²) >= 11 is 0. The Morgan fingerprint density at radius 1 is 1.00 bits per heavy atom. The van der Waals surface area contributed by atoms with Crippen molar-refractivity contribution < 1.29 is 22.7 Å². The van der Waals surface area contributed by atoms with Crippen molar-refractivity contribution in [2.45, 2.75) is 32.6 Å². The first kappa shape index (κ1) is 24.6. The number of carbonyl (C=O) groups is 2. The van der Waals surface area contributed by atoms with Gasteiger partial charge in [0.25, 0.3) is 15.9 Å². The maximum Gasteiger partial charge on any atom is 0.261 e. The summed E-state index contributed by atoms with van der Waals surface area (Å²) in [5.41, 5.74) is 1.44. The Labute approximate surface area is 195 Å². The number of nitrogens with one attached hydrogen (secondary N) is 1. The number of amides is 2. The number of hydrogen-bond donors (Lipinski definition) is 1. The van der Waals surface area contributed by atoms with E-state index in [-0.39, 0.29) is 22.6 Å². The summed E-state index contributed by atoms with van der Waals surface area (Å²) in [7, 11) is -3.89. The van der Waals surface area contributed by atoms with Crippen LogP contribution in [-0.2, 0) is 14.8 Å². The van der Waals surface area contributed by atoms with Crippen molar-refractivity contribution in [1.29, 1.82) is 0 Å². The maximum absolute atomic E-state index is 13.2. The molecule has 0 spiro atoms. The molecule has 0 atom stereocenters. The molecule has 8 nitrogen and oxygen atoms in total. The number of nitrogens with zero attached hydrogens (tertiary/aromatic N) is 2. The van der Waals surface area contributed by atoms with Gasteiger partial charge in [-0.2, -0.15) is 0 Å². The second-order valence-electron chi connectivity index (χ2n) is 8.31. The summed E-state index contributed by atoms with van der Waals surface area (Å²) in [5.74, 6) is 0.409. The molecule has 1 heterocycles. The fourth-order valence-corrected chi connectivity index (χ4v) is 4.75. The van der Waals surface area contributed by atoms with E-state index in [1.807, 2.05) is 20.8 Å². The zero-order valence-electron chi connectivity index (χ0n) is 19.5. The van der Waals surface area contributed by atoms with Gasteiger partial charge in [-0.3, -0.25) is 14.3 Å². The van der Waals surface area contributed by atoms with Gasteiger partial charge in [0.05, 0.1) is 11.5 Å². The van der Waals surface area contributed by atoms with Crippen LogP contribution in [0.15, 0.2) is 47.4 Å². The summed E-state index contributed by atoms with van der Waals surface area (Å²) < 4.78 is 33.8. The summed E-state index contributed by atoms with van der Waals surface area (Å²) in [6.45, 7) is 9.66. The van der Waals surface area contributed by atoms with E-state index in [1.54, 1.807) is 47.1 Å². The van der Waals surface area contributed by atoms with Crippen molar-refractivity contribution in [3.63, 3.8) is 0 Å². The van der Waals surface area contributed by atoms with Crippen molar-refractivity contribution in [1.82, 2.24) is 9.80 Å². The monoisotopic (exact) mass is 473 g/mol. The second kappa shape index (κ2) is 10.2. The molecule has 0 radical (unpaired) electrons. The molecule has 0 aliphatic carbocycles. The summed E-state index contributed by atoms with van der Waals surface area (Å²) in [5, 5.41) is 0. The molecule has 9 heteroatoms. The van der Waals surface area contributed by atoms with E-state index in [0.29, 0.717) is 55.3 Å². The number of piperazine rings is 1. The number of anilines is 1. The third-order valence-electron chi connectivity index (χ3n) is 5.54. The lowest BCUT2D eigenvalue weighted by Crippen LogP contribution is -2.51. The highest BCUT2D eigenvalue weighted by Gasteiger charge is 2.27. The minimum Gasteiger partial charge on any atom is -0.494 e. The zero-order chi connectivity index (χ0) is 24.2. The average molecular weight is 474 g/mol. The number of carbonyl (C=O) groups excluding carboxylic acids is 2. The van der Waals surface area contributed by atoms with Crippen LogP contribution in [0.4, 0.5) is 5.69 Å². The van der Waals surface area contributed by atoms with Gasteiger partial charge in [-0.15, -0.1) is 0 Å². The van der Waals surface area contributed by atoms with Crippen LogP contribution in [-0.4, -0.2) is 62.8 Å². The van der Waals surface area contributed by atoms with Gasteiger partial charge in [0.2, 0.25) is 5.91 Å². The van der Waals surface area contributed by atoms with E-state index >= 15 is 0 Å². The molecule has 0 bridgehead atoms. The first-order valence-electron chi connectivity index (χ1n) is 11.1. The van der Waals surface area contributed by atoms with Crippen molar-refractivity contribution in [2.75, 3.05) is 37.5 Å². The van der Waals surface area contributed by atoms with E-state index in [9.17, 15) is 18.0 Å².